The molecule has 1 saturated heterocycles. The maximum absolute atomic E-state index is 12.3. The van der Waals surface area contributed by atoms with Crippen LogP contribution >= 0.6 is 11.3 Å². The molecule has 6 heteroatoms. The van der Waals surface area contributed by atoms with E-state index in [2.05, 4.69) is 28.6 Å². The highest BCUT2D eigenvalue weighted by Crippen LogP contribution is 2.31. The van der Waals surface area contributed by atoms with Crippen LogP contribution in [-0.4, -0.2) is 49.2 Å². The summed E-state index contributed by atoms with van der Waals surface area (Å²) >= 11 is 1.70. The molecule has 3 atom stereocenters. The number of ether oxygens (including phenoxy) is 1. The Kier molecular flexibility index (Phi) is 6.17. The lowest BCUT2D eigenvalue weighted by molar-refractivity contribution is -0.135. The van der Waals surface area contributed by atoms with E-state index in [-0.39, 0.29) is 24.0 Å². The Morgan fingerprint density at radius 3 is 3.05 bits per heavy atom. The van der Waals surface area contributed by atoms with E-state index in [1.165, 1.54) is 4.88 Å². The van der Waals surface area contributed by atoms with Crippen LogP contribution in [0.5, 0.6) is 0 Å². The molecule has 0 saturated carbocycles. The standard InChI is InChI=1S/C15H25N3O2S/c1-3-11(16)14(13-6-5-9-21-13)18-7-8-20-10-12(18)15(19)17-4-2/h5-6,9,11-12,14H,3-4,7-8,10,16H2,1-2H3,(H,17,19). The van der Waals surface area contributed by atoms with Crippen molar-refractivity contribution in [2.75, 3.05) is 26.3 Å². The fourth-order valence-corrected chi connectivity index (χ4v) is 3.69. The Labute approximate surface area is 130 Å². The Morgan fingerprint density at radius 1 is 1.62 bits per heavy atom. The summed E-state index contributed by atoms with van der Waals surface area (Å²) in [7, 11) is 0. The molecule has 3 unspecified atom stereocenters. The van der Waals surface area contributed by atoms with Gasteiger partial charge < -0.3 is 15.8 Å². The summed E-state index contributed by atoms with van der Waals surface area (Å²) < 4.78 is 5.52. The minimum absolute atomic E-state index is 0.0127. The Balaban J connectivity index is 2.25. The van der Waals surface area contributed by atoms with Crippen molar-refractivity contribution in [3.05, 3.63) is 22.4 Å². The van der Waals surface area contributed by atoms with Crippen LogP contribution in [0.2, 0.25) is 0 Å². The molecule has 0 bridgehead atoms. The first-order valence-corrected chi connectivity index (χ1v) is 8.47. The third-order valence-corrected chi connectivity index (χ3v) is 4.84. The summed E-state index contributed by atoms with van der Waals surface area (Å²) in [4.78, 5) is 15.8. The van der Waals surface area contributed by atoms with Crippen LogP contribution in [0.25, 0.3) is 0 Å². The zero-order valence-electron chi connectivity index (χ0n) is 12.7. The minimum Gasteiger partial charge on any atom is -0.378 e. The van der Waals surface area contributed by atoms with Gasteiger partial charge in [0, 0.05) is 24.0 Å². The minimum atomic E-state index is -0.261. The second kappa shape index (κ2) is 7.89. The number of hydrogen-bond acceptors (Lipinski definition) is 5. The number of amides is 1. The highest BCUT2D eigenvalue weighted by molar-refractivity contribution is 7.10. The zero-order valence-corrected chi connectivity index (χ0v) is 13.6. The topological polar surface area (TPSA) is 67.6 Å². The summed E-state index contributed by atoms with van der Waals surface area (Å²) in [6.07, 6.45) is 0.877. The summed E-state index contributed by atoms with van der Waals surface area (Å²) in [6, 6.07) is 3.97. The largest absolute Gasteiger partial charge is 0.378 e. The highest BCUT2D eigenvalue weighted by Gasteiger charge is 2.37. The van der Waals surface area contributed by atoms with Crippen molar-refractivity contribution in [2.45, 2.75) is 38.4 Å². The molecule has 2 rings (SSSR count). The third kappa shape index (κ3) is 3.83. The summed E-state index contributed by atoms with van der Waals surface area (Å²) in [6.45, 7) is 6.47. The van der Waals surface area contributed by atoms with Crippen molar-refractivity contribution in [1.29, 1.82) is 0 Å². The monoisotopic (exact) mass is 311 g/mol. The smallest absolute Gasteiger partial charge is 0.239 e. The molecular formula is C15H25N3O2S. The van der Waals surface area contributed by atoms with Crippen LogP contribution in [-0.2, 0) is 9.53 Å². The number of carbonyl (C=O) groups excluding carboxylic acids is 1. The third-order valence-electron chi connectivity index (χ3n) is 3.89. The quantitative estimate of drug-likeness (QED) is 0.832. The molecule has 1 aromatic heterocycles. The summed E-state index contributed by atoms with van der Waals surface area (Å²) in [5.74, 6) is 0.0297. The molecular weight excluding hydrogens is 286 g/mol. The van der Waals surface area contributed by atoms with Gasteiger partial charge in [-0.1, -0.05) is 13.0 Å². The second-order valence-corrected chi connectivity index (χ2v) is 6.23. The second-order valence-electron chi connectivity index (χ2n) is 5.26. The van der Waals surface area contributed by atoms with Gasteiger partial charge in [0.1, 0.15) is 6.04 Å². The van der Waals surface area contributed by atoms with Gasteiger partial charge in [0.05, 0.1) is 19.3 Å². The van der Waals surface area contributed by atoms with Crippen molar-refractivity contribution >= 4 is 17.2 Å². The number of morpholine rings is 1. The van der Waals surface area contributed by atoms with Gasteiger partial charge in [-0.25, -0.2) is 0 Å². The van der Waals surface area contributed by atoms with E-state index < -0.39 is 0 Å². The lowest BCUT2D eigenvalue weighted by atomic mass is 10.00. The summed E-state index contributed by atoms with van der Waals surface area (Å²) in [5, 5.41) is 4.97. The molecule has 5 nitrogen and oxygen atoms in total. The van der Waals surface area contributed by atoms with E-state index >= 15 is 0 Å². The molecule has 21 heavy (non-hydrogen) atoms. The average molecular weight is 311 g/mol. The van der Waals surface area contributed by atoms with Gasteiger partial charge in [-0.05, 0) is 24.8 Å². The number of thiophene rings is 1. The van der Waals surface area contributed by atoms with E-state index in [9.17, 15) is 4.79 Å². The lowest BCUT2D eigenvalue weighted by Gasteiger charge is -2.41. The van der Waals surface area contributed by atoms with E-state index in [1.54, 1.807) is 11.3 Å². The van der Waals surface area contributed by atoms with Crippen LogP contribution in [0.1, 0.15) is 31.2 Å². The van der Waals surface area contributed by atoms with E-state index in [4.69, 9.17) is 10.5 Å². The van der Waals surface area contributed by atoms with E-state index in [1.807, 2.05) is 13.0 Å². The van der Waals surface area contributed by atoms with Crippen molar-refractivity contribution in [2.24, 2.45) is 5.73 Å². The number of carbonyl (C=O) groups is 1. The van der Waals surface area contributed by atoms with Crippen LogP contribution < -0.4 is 11.1 Å². The predicted molar refractivity (Wildman–Crippen MR) is 85.3 cm³/mol. The number of nitrogens with one attached hydrogen (secondary N) is 1. The lowest BCUT2D eigenvalue weighted by Crippen LogP contribution is -2.57. The van der Waals surface area contributed by atoms with Gasteiger partial charge in [-0.3, -0.25) is 9.69 Å². The van der Waals surface area contributed by atoms with E-state index in [0.29, 0.717) is 19.8 Å². The number of nitrogens with two attached hydrogens (primary N) is 1. The molecule has 0 aromatic carbocycles. The molecule has 118 valence electrons. The summed E-state index contributed by atoms with van der Waals surface area (Å²) in [5.41, 5.74) is 6.37. The molecule has 1 amide bonds. The predicted octanol–water partition coefficient (Wildman–Crippen LogP) is 1.36. The number of likely N-dealkylation sites (N-methyl/N-ethyl adjacent to an activating group) is 1. The molecule has 2 heterocycles. The molecule has 3 N–H and O–H groups in total. The van der Waals surface area contributed by atoms with Crippen LogP contribution in [0.3, 0.4) is 0 Å². The zero-order chi connectivity index (χ0) is 15.2. The van der Waals surface area contributed by atoms with Crippen molar-refractivity contribution in [1.82, 2.24) is 10.2 Å². The van der Waals surface area contributed by atoms with Crippen LogP contribution in [0, 0.1) is 0 Å². The fourth-order valence-electron chi connectivity index (χ4n) is 2.77. The van der Waals surface area contributed by atoms with Gasteiger partial charge in [-0.15, -0.1) is 11.3 Å². The highest BCUT2D eigenvalue weighted by atomic mass is 32.1. The van der Waals surface area contributed by atoms with Gasteiger partial charge in [-0.2, -0.15) is 0 Å². The average Bonchev–Trinajstić information content (AvgIpc) is 3.02. The van der Waals surface area contributed by atoms with Gasteiger partial charge in [0.15, 0.2) is 0 Å². The molecule has 1 aromatic rings. The molecule has 0 aliphatic carbocycles. The first-order chi connectivity index (χ1) is 10.2. The number of rotatable bonds is 6. The molecule has 1 aliphatic heterocycles. The maximum Gasteiger partial charge on any atom is 0.239 e. The van der Waals surface area contributed by atoms with Crippen molar-refractivity contribution in [3.8, 4) is 0 Å². The van der Waals surface area contributed by atoms with Gasteiger partial charge in [0.2, 0.25) is 5.91 Å². The van der Waals surface area contributed by atoms with E-state index in [0.717, 1.165) is 13.0 Å². The normalized spacial score (nSPS) is 22.7. The van der Waals surface area contributed by atoms with Crippen LogP contribution in [0.4, 0.5) is 0 Å². The Hall–Kier alpha value is -0.950. The first kappa shape index (κ1) is 16.4. The van der Waals surface area contributed by atoms with Gasteiger partial charge in [0.25, 0.3) is 0 Å². The number of hydrogen-bond donors (Lipinski definition) is 2. The van der Waals surface area contributed by atoms with Crippen molar-refractivity contribution in [3.63, 3.8) is 0 Å². The number of nitrogens with zero attached hydrogens (tertiary/aromatic N) is 1. The maximum atomic E-state index is 12.3. The Morgan fingerprint density at radius 2 is 2.43 bits per heavy atom. The molecule has 1 aliphatic rings. The fraction of sp³-hybridized carbons (Fsp3) is 0.667. The van der Waals surface area contributed by atoms with Crippen molar-refractivity contribution < 1.29 is 9.53 Å². The van der Waals surface area contributed by atoms with Gasteiger partial charge >= 0.3 is 0 Å². The Bertz CT molecular complexity index is 438. The SMILES string of the molecule is CCNC(=O)C1COCCN1C(c1cccs1)C(N)CC. The van der Waals surface area contributed by atoms with Crippen LogP contribution in [0.15, 0.2) is 17.5 Å². The molecule has 0 spiro atoms. The molecule has 1 fully saturated rings. The molecule has 0 radical (unpaired) electrons. The first-order valence-electron chi connectivity index (χ1n) is 7.59.